The molecule has 0 aromatic heterocycles. The normalized spacial score (nSPS) is 24.7. The Morgan fingerprint density at radius 1 is 1.50 bits per heavy atom. The molecular weight excluding hydrogens is 314 g/mol. The summed E-state index contributed by atoms with van der Waals surface area (Å²) in [7, 11) is 0. The molecule has 0 aromatic carbocycles. The Balaban J connectivity index is 1.90. The lowest BCUT2D eigenvalue weighted by Crippen LogP contribution is -2.52. The fourth-order valence-electron chi connectivity index (χ4n) is 2.50. The van der Waals surface area contributed by atoms with Gasteiger partial charge in [-0.1, -0.05) is 0 Å². The van der Waals surface area contributed by atoms with Gasteiger partial charge in [-0.2, -0.15) is 0 Å². The predicted molar refractivity (Wildman–Crippen MR) is 74.1 cm³/mol. The summed E-state index contributed by atoms with van der Waals surface area (Å²) in [5, 5.41) is 21.0. The van der Waals surface area contributed by atoms with E-state index < -0.39 is 35.9 Å². The zero-order valence-corrected chi connectivity index (χ0v) is 12.1. The van der Waals surface area contributed by atoms with Gasteiger partial charge in [-0.3, -0.25) is 19.8 Å². The maximum atomic E-state index is 12.0. The maximum Gasteiger partial charge on any atom is 0.322 e. The molecule has 0 fully saturated rings. The molecule has 10 heteroatoms. The van der Waals surface area contributed by atoms with E-state index in [0.29, 0.717) is 19.6 Å². The molecular formula is C12H13N3O6S. The number of carboxylic acid groups (broad SMARTS) is 1. The number of nitrogens with zero attached hydrogens (tertiary/aromatic N) is 1. The van der Waals surface area contributed by atoms with Crippen LogP contribution in [0, 0.1) is 0 Å². The molecule has 0 bridgehead atoms. The lowest BCUT2D eigenvalue weighted by molar-refractivity contribution is -0.138. The van der Waals surface area contributed by atoms with Crippen molar-refractivity contribution in [2.24, 2.45) is 0 Å². The number of ether oxygens (including phenoxy) is 1. The molecule has 4 N–H and O–H groups in total. The first-order valence-electron chi connectivity index (χ1n) is 6.50. The number of rotatable bonds is 3. The first kappa shape index (κ1) is 14.9. The molecule has 0 spiro atoms. The van der Waals surface area contributed by atoms with E-state index in [2.05, 4.69) is 10.7 Å². The van der Waals surface area contributed by atoms with Gasteiger partial charge in [0.15, 0.2) is 0 Å². The molecule has 0 radical (unpaired) electrons. The van der Waals surface area contributed by atoms with Crippen molar-refractivity contribution >= 4 is 29.7 Å². The minimum absolute atomic E-state index is 0.369. The number of hydrogen-bond donors (Lipinski definition) is 4. The predicted octanol–water partition coefficient (Wildman–Crippen LogP) is -0.949. The highest BCUT2D eigenvalue weighted by Crippen LogP contribution is 2.44. The Hall–Kier alpha value is -2.04. The van der Waals surface area contributed by atoms with Gasteiger partial charge in [0, 0.05) is 4.91 Å². The molecule has 0 saturated carbocycles. The van der Waals surface area contributed by atoms with Gasteiger partial charge in [0.1, 0.15) is 23.9 Å². The summed E-state index contributed by atoms with van der Waals surface area (Å²) in [5.74, 6) is -3.30. The van der Waals surface area contributed by atoms with Crippen LogP contribution in [0.4, 0.5) is 0 Å². The molecule has 118 valence electrons. The average molecular weight is 327 g/mol. The quantitative estimate of drug-likeness (QED) is 0.386. The Bertz CT molecular complexity index is 628. The second-order valence-corrected chi connectivity index (χ2v) is 5.92. The van der Waals surface area contributed by atoms with Crippen LogP contribution in [0.5, 0.6) is 0 Å². The zero-order chi connectivity index (χ0) is 15.9. The van der Waals surface area contributed by atoms with Gasteiger partial charge >= 0.3 is 5.97 Å². The molecule has 3 aliphatic rings. The fraction of sp³-hybridized carbons (Fsp3) is 0.417. The Labute approximate surface area is 129 Å². The highest BCUT2D eigenvalue weighted by Gasteiger charge is 2.45. The smallest absolute Gasteiger partial charge is 0.322 e. The van der Waals surface area contributed by atoms with Crippen LogP contribution in [-0.4, -0.2) is 58.2 Å². The highest BCUT2D eigenvalue weighted by molar-refractivity contribution is 8.01. The SMILES string of the molecule is O=C(O)CNC(=O)C1=C(O)C2C3=C(COCC3)SN2NC1=O. The standard InChI is InChI=1S/C12H13N3O6S/c16-7(17)3-13-11(19)8-10(18)9-5-1-2-21-4-6(5)22-15(9)14-12(8)20/h9,18H,1-4H2,(H,13,19)(H,14,20)(H,16,17). The first-order valence-corrected chi connectivity index (χ1v) is 7.27. The molecule has 1 unspecified atom stereocenters. The van der Waals surface area contributed by atoms with Crippen molar-refractivity contribution in [3.8, 4) is 0 Å². The third-order valence-corrected chi connectivity index (χ3v) is 4.56. The zero-order valence-electron chi connectivity index (χ0n) is 11.3. The highest BCUT2D eigenvalue weighted by atomic mass is 32.2. The number of aliphatic hydroxyl groups is 1. The minimum Gasteiger partial charge on any atom is -0.509 e. The molecule has 2 amide bonds. The summed E-state index contributed by atoms with van der Waals surface area (Å²) >= 11 is 1.25. The third-order valence-electron chi connectivity index (χ3n) is 3.46. The fourth-order valence-corrected chi connectivity index (χ4v) is 3.67. The molecule has 1 atom stereocenters. The lowest BCUT2D eigenvalue weighted by atomic mass is 9.96. The molecule has 3 aliphatic heterocycles. The van der Waals surface area contributed by atoms with Gasteiger partial charge in [-0.15, -0.1) is 4.41 Å². The molecule has 0 aromatic rings. The lowest BCUT2D eigenvalue weighted by Gasteiger charge is -2.30. The Morgan fingerprint density at radius 3 is 3.00 bits per heavy atom. The molecule has 22 heavy (non-hydrogen) atoms. The van der Waals surface area contributed by atoms with Crippen LogP contribution in [0.1, 0.15) is 6.42 Å². The number of aliphatic hydroxyl groups excluding tert-OH is 1. The van der Waals surface area contributed by atoms with E-state index in [0.717, 1.165) is 10.5 Å². The topological polar surface area (TPSA) is 128 Å². The van der Waals surface area contributed by atoms with Crippen molar-refractivity contribution in [1.29, 1.82) is 0 Å². The van der Waals surface area contributed by atoms with E-state index in [4.69, 9.17) is 9.84 Å². The molecule has 3 heterocycles. The van der Waals surface area contributed by atoms with Gasteiger partial charge < -0.3 is 20.3 Å². The Morgan fingerprint density at radius 2 is 2.27 bits per heavy atom. The Kier molecular flexibility index (Phi) is 3.81. The van der Waals surface area contributed by atoms with Gasteiger partial charge in [0.2, 0.25) is 0 Å². The number of hydrogen-bond acceptors (Lipinski definition) is 7. The van der Waals surface area contributed by atoms with Crippen molar-refractivity contribution in [3.63, 3.8) is 0 Å². The summed E-state index contributed by atoms with van der Waals surface area (Å²) in [6.07, 6.45) is 0.591. The number of aliphatic carboxylic acids is 1. The first-order chi connectivity index (χ1) is 10.5. The second kappa shape index (κ2) is 5.63. The van der Waals surface area contributed by atoms with E-state index in [1.165, 1.54) is 16.4 Å². The summed E-state index contributed by atoms with van der Waals surface area (Å²) in [6, 6.07) is -0.618. The van der Waals surface area contributed by atoms with Crippen molar-refractivity contribution in [3.05, 3.63) is 21.8 Å². The monoisotopic (exact) mass is 327 g/mol. The van der Waals surface area contributed by atoms with Crippen molar-refractivity contribution < 1.29 is 29.3 Å². The summed E-state index contributed by atoms with van der Waals surface area (Å²) < 4.78 is 6.81. The van der Waals surface area contributed by atoms with E-state index >= 15 is 0 Å². The number of hydrazine groups is 1. The van der Waals surface area contributed by atoms with Crippen LogP contribution < -0.4 is 10.7 Å². The minimum atomic E-state index is -1.24. The van der Waals surface area contributed by atoms with Gasteiger partial charge in [0.25, 0.3) is 11.8 Å². The number of nitrogens with one attached hydrogen (secondary N) is 2. The molecule has 3 rings (SSSR count). The van der Waals surface area contributed by atoms with Gasteiger partial charge in [0.05, 0.1) is 13.2 Å². The summed E-state index contributed by atoms with van der Waals surface area (Å²) in [6.45, 7) is 0.274. The van der Waals surface area contributed by atoms with Crippen LogP contribution in [0.2, 0.25) is 0 Å². The summed E-state index contributed by atoms with van der Waals surface area (Å²) in [4.78, 5) is 35.3. The molecule has 0 aliphatic carbocycles. The van der Waals surface area contributed by atoms with Crippen LogP contribution in [0.15, 0.2) is 21.8 Å². The maximum absolute atomic E-state index is 12.0. The van der Waals surface area contributed by atoms with E-state index in [1.807, 2.05) is 0 Å². The van der Waals surface area contributed by atoms with Crippen molar-refractivity contribution in [1.82, 2.24) is 15.2 Å². The van der Waals surface area contributed by atoms with Gasteiger partial charge in [-0.05, 0) is 23.9 Å². The number of amides is 2. The van der Waals surface area contributed by atoms with Crippen LogP contribution >= 0.6 is 11.9 Å². The number of fused-ring (bicyclic) bond motifs is 2. The average Bonchev–Trinajstić information content (AvgIpc) is 2.83. The molecule has 9 nitrogen and oxygen atoms in total. The number of carboxylic acids is 1. The van der Waals surface area contributed by atoms with Crippen LogP contribution in [0.25, 0.3) is 0 Å². The van der Waals surface area contributed by atoms with E-state index in [1.54, 1.807) is 0 Å². The van der Waals surface area contributed by atoms with Crippen molar-refractivity contribution in [2.45, 2.75) is 12.5 Å². The second-order valence-electron chi connectivity index (χ2n) is 4.85. The van der Waals surface area contributed by atoms with Gasteiger partial charge in [-0.25, -0.2) is 0 Å². The largest absolute Gasteiger partial charge is 0.509 e. The number of carbonyl (C=O) groups is 3. The van der Waals surface area contributed by atoms with E-state index in [9.17, 15) is 19.5 Å². The van der Waals surface area contributed by atoms with E-state index in [-0.39, 0.29) is 5.76 Å². The van der Waals surface area contributed by atoms with Crippen LogP contribution in [-0.2, 0) is 19.1 Å². The third kappa shape index (κ3) is 2.45. The molecule has 0 saturated heterocycles. The number of carbonyl (C=O) groups excluding carboxylic acids is 2. The van der Waals surface area contributed by atoms with Crippen LogP contribution in [0.3, 0.4) is 0 Å². The summed E-state index contributed by atoms with van der Waals surface area (Å²) in [5.41, 5.74) is 2.96. The van der Waals surface area contributed by atoms with Crippen molar-refractivity contribution in [2.75, 3.05) is 19.8 Å².